The van der Waals surface area contributed by atoms with E-state index in [1.807, 2.05) is 0 Å². The second-order valence-electron chi connectivity index (χ2n) is 4.57. The van der Waals surface area contributed by atoms with Gasteiger partial charge < -0.3 is 5.32 Å². The van der Waals surface area contributed by atoms with E-state index in [2.05, 4.69) is 21.2 Å². The molecule has 1 aliphatic rings. The van der Waals surface area contributed by atoms with Crippen molar-refractivity contribution >= 4 is 27.5 Å². The first-order chi connectivity index (χ1) is 8.58. The van der Waals surface area contributed by atoms with Crippen LogP contribution in [0.4, 0.5) is 14.5 Å². The summed E-state index contributed by atoms with van der Waals surface area (Å²) in [5.74, 6) is -1.51. The number of carbonyl (C=O) groups excluding carboxylic acids is 1. The smallest absolute Gasteiger partial charge is 0.227 e. The summed E-state index contributed by atoms with van der Waals surface area (Å²) in [6.07, 6.45) is 4.84. The Morgan fingerprint density at radius 2 is 1.83 bits per heavy atom. The van der Waals surface area contributed by atoms with Crippen molar-refractivity contribution in [2.75, 3.05) is 5.32 Å². The van der Waals surface area contributed by atoms with E-state index in [1.165, 1.54) is 0 Å². The molecule has 0 unspecified atom stereocenters. The summed E-state index contributed by atoms with van der Waals surface area (Å²) < 4.78 is 26.9. The lowest BCUT2D eigenvalue weighted by atomic mass is 9.88. The number of carbonyl (C=O) groups is 1. The normalized spacial score (nSPS) is 16.6. The maximum absolute atomic E-state index is 13.5. The van der Waals surface area contributed by atoms with Gasteiger partial charge in [-0.2, -0.15) is 0 Å². The molecule has 1 aromatic carbocycles. The monoisotopic (exact) mass is 317 g/mol. The molecule has 0 atom stereocenters. The second-order valence-corrected chi connectivity index (χ2v) is 5.42. The Hall–Kier alpha value is -0.970. The van der Waals surface area contributed by atoms with Crippen molar-refractivity contribution < 1.29 is 13.6 Å². The van der Waals surface area contributed by atoms with Gasteiger partial charge >= 0.3 is 0 Å². The Morgan fingerprint density at radius 1 is 1.17 bits per heavy atom. The molecule has 0 aromatic heterocycles. The van der Waals surface area contributed by atoms with Gasteiger partial charge in [-0.05, 0) is 34.8 Å². The minimum Gasteiger partial charge on any atom is -0.323 e. The molecular formula is C13H14BrF2NO. The Morgan fingerprint density at radius 3 is 2.50 bits per heavy atom. The molecule has 18 heavy (non-hydrogen) atoms. The number of halogens is 3. The van der Waals surface area contributed by atoms with Gasteiger partial charge in [0.25, 0.3) is 0 Å². The second kappa shape index (κ2) is 5.78. The van der Waals surface area contributed by atoms with Crippen LogP contribution in [-0.2, 0) is 4.79 Å². The molecule has 98 valence electrons. The van der Waals surface area contributed by atoms with Gasteiger partial charge in [-0.3, -0.25) is 4.79 Å². The van der Waals surface area contributed by atoms with Crippen LogP contribution in [0.25, 0.3) is 0 Å². The fourth-order valence-electron chi connectivity index (χ4n) is 2.22. The molecule has 0 aliphatic heterocycles. The Balaban J connectivity index is 2.08. The van der Waals surface area contributed by atoms with E-state index in [4.69, 9.17) is 0 Å². The number of anilines is 1. The summed E-state index contributed by atoms with van der Waals surface area (Å²) in [4.78, 5) is 11.9. The number of rotatable bonds is 2. The first-order valence-electron chi connectivity index (χ1n) is 6.03. The molecule has 1 aliphatic carbocycles. The van der Waals surface area contributed by atoms with Gasteiger partial charge in [-0.1, -0.05) is 19.3 Å². The molecule has 0 saturated heterocycles. The summed E-state index contributed by atoms with van der Waals surface area (Å²) >= 11 is 2.90. The highest BCUT2D eigenvalue weighted by atomic mass is 79.9. The molecule has 0 spiro atoms. The van der Waals surface area contributed by atoms with Gasteiger partial charge in [0.1, 0.15) is 11.6 Å². The summed E-state index contributed by atoms with van der Waals surface area (Å²) in [7, 11) is 0. The predicted molar refractivity (Wildman–Crippen MR) is 69.3 cm³/mol. The molecule has 1 fully saturated rings. The van der Waals surface area contributed by atoms with Crippen molar-refractivity contribution in [2.45, 2.75) is 32.1 Å². The average Bonchev–Trinajstić information content (AvgIpc) is 2.37. The lowest BCUT2D eigenvalue weighted by Gasteiger charge is -2.20. The van der Waals surface area contributed by atoms with Crippen molar-refractivity contribution in [3.05, 3.63) is 28.2 Å². The maximum atomic E-state index is 13.5. The third-order valence-electron chi connectivity index (χ3n) is 3.24. The number of nitrogens with one attached hydrogen (secondary N) is 1. The topological polar surface area (TPSA) is 29.1 Å². The zero-order chi connectivity index (χ0) is 13.1. The van der Waals surface area contributed by atoms with Crippen molar-refractivity contribution in [1.82, 2.24) is 0 Å². The molecule has 0 radical (unpaired) electrons. The Labute approximate surface area is 113 Å². The highest BCUT2D eigenvalue weighted by Gasteiger charge is 2.22. The highest BCUT2D eigenvalue weighted by Crippen LogP contribution is 2.27. The first-order valence-corrected chi connectivity index (χ1v) is 6.82. The van der Waals surface area contributed by atoms with Crippen LogP contribution in [0.3, 0.4) is 0 Å². The standard InChI is InChI=1S/C13H14BrF2NO/c14-9-6-11(16)12(7-10(9)15)17-13(18)8-4-2-1-3-5-8/h6-8H,1-5H2,(H,17,18). The number of amides is 1. The fourth-order valence-corrected chi connectivity index (χ4v) is 2.53. The van der Waals surface area contributed by atoms with E-state index < -0.39 is 11.6 Å². The van der Waals surface area contributed by atoms with E-state index in [0.717, 1.165) is 44.2 Å². The third-order valence-corrected chi connectivity index (χ3v) is 3.85. The number of hydrogen-bond acceptors (Lipinski definition) is 1. The fraction of sp³-hybridized carbons (Fsp3) is 0.462. The van der Waals surface area contributed by atoms with Gasteiger partial charge in [-0.15, -0.1) is 0 Å². The molecule has 2 nitrogen and oxygen atoms in total. The van der Waals surface area contributed by atoms with Crippen LogP contribution >= 0.6 is 15.9 Å². The maximum Gasteiger partial charge on any atom is 0.227 e. The Kier molecular flexibility index (Phi) is 4.32. The Bertz CT molecular complexity index is 459. The molecule has 1 aromatic rings. The van der Waals surface area contributed by atoms with E-state index in [-0.39, 0.29) is 22.0 Å². The van der Waals surface area contributed by atoms with Crippen molar-refractivity contribution in [2.24, 2.45) is 5.92 Å². The average molecular weight is 318 g/mol. The number of hydrogen-bond donors (Lipinski definition) is 1. The van der Waals surface area contributed by atoms with E-state index in [9.17, 15) is 13.6 Å². The molecule has 5 heteroatoms. The zero-order valence-corrected chi connectivity index (χ0v) is 11.4. The summed E-state index contributed by atoms with van der Waals surface area (Å²) in [5, 5.41) is 2.47. The van der Waals surface area contributed by atoms with Gasteiger partial charge in [0.15, 0.2) is 0 Å². The van der Waals surface area contributed by atoms with E-state index in [0.29, 0.717) is 0 Å². The van der Waals surface area contributed by atoms with Crippen molar-refractivity contribution in [1.29, 1.82) is 0 Å². The lowest BCUT2D eigenvalue weighted by molar-refractivity contribution is -0.120. The van der Waals surface area contributed by atoms with Gasteiger partial charge in [0, 0.05) is 12.0 Å². The number of benzene rings is 1. The zero-order valence-electron chi connectivity index (χ0n) is 9.81. The summed E-state index contributed by atoms with van der Waals surface area (Å²) in [6, 6.07) is 2.02. The van der Waals surface area contributed by atoms with Crippen molar-refractivity contribution in [3.63, 3.8) is 0 Å². The summed E-state index contributed by atoms with van der Waals surface area (Å²) in [6.45, 7) is 0. The van der Waals surface area contributed by atoms with Gasteiger partial charge in [0.05, 0.1) is 10.2 Å². The molecule has 0 heterocycles. The van der Waals surface area contributed by atoms with Crippen molar-refractivity contribution in [3.8, 4) is 0 Å². The molecule has 1 saturated carbocycles. The largest absolute Gasteiger partial charge is 0.323 e. The van der Waals surface area contributed by atoms with E-state index in [1.54, 1.807) is 0 Å². The highest BCUT2D eigenvalue weighted by molar-refractivity contribution is 9.10. The van der Waals surface area contributed by atoms with Crippen LogP contribution in [-0.4, -0.2) is 5.91 Å². The third kappa shape index (κ3) is 3.07. The molecule has 1 amide bonds. The molecule has 0 bridgehead atoms. The van der Waals surface area contributed by atoms with Crippen LogP contribution in [0.5, 0.6) is 0 Å². The lowest BCUT2D eigenvalue weighted by Crippen LogP contribution is -2.25. The van der Waals surface area contributed by atoms with Gasteiger partial charge in [-0.25, -0.2) is 8.78 Å². The van der Waals surface area contributed by atoms with Crippen LogP contribution in [0.15, 0.2) is 16.6 Å². The molecule has 1 N–H and O–H groups in total. The van der Waals surface area contributed by atoms with Crippen LogP contribution in [0.1, 0.15) is 32.1 Å². The van der Waals surface area contributed by atoms with Crippen LogP contribution in [0, 0.1) is 17.6 Å². The quantitative estimate of drug-likeness (QED) is 0.812. The summed E-state index contributed by atoms with van der Waals surface area (Å²) in [5.41, 5.74) is -0.0914. The minimum atomic E-state index is -0.632. The minimum absolute atomic E-state index is 0.0515. The predicted octanol–water partition coefficient (Wildman–Crippen LogP) is 4.25. The molecule has 2 rings (SSSR count). The van der Waals surface area contributed by atoms with Gasteiger partial charge in [0.2, 0.25) is 5.91 Å². The molecular weight excluding hydrogens is 304 g/mol. The SMILES string of the molecule is O=C(Nc1cc(F)c(Br)cc1F)C1CCCCC1. The first kappa shape index (κ1) is 13.5. The van der Waals surface area contributed by atoms with E-state index >= 15 is 0 Å². The van der Waals surface area contributed by atoms with Crippen LogP contribution < -0.4 is 5.32 Å². The van der Waals surface area contributed by atoms with Crippen LogP contribution in [0.2, 0.25) is 0 Å².